The number of urea groups is 1. The number of amides is 3. The van der Waals surface area contributed by atoms with Gasteiger partial charge in [-0.25, -0.2) is 23.5 Å². The number of hydrogen-bond donors (Lipinski definition) is 3. The highest BCUT2D eigenvalue weighted by molar-refractivity contribution is 5.97. The molecule has 0 spiro atoms. The van der Waals surface area contributed by atoms with Crippen molar-refractivity contribution in [1.29, 1.82) is 0 Å². The largest absolute Gasteiger partial charge is 0.494 e. The molecule has 3 amide bonds. The van der Waals surface area contributed by atoms with Crippen LogP contribution in [0.15, 0.2) is 60.9 Å². The molecule has 4 aromatic rings. The van der Waals surface area contributed by atoms with Gasteiger partial charge in [-0.1, -0.05) is 19.1 Å². The Morgan fingerprint density at radius 1 is 0.949 bits per heavy atom. The van der Waals surface area contributed by atoms with E-state index in [0.29, 0.717) is 48.1 Å². The van der Waals surface area contributed by atoms with E-state index < -0.39 is 11.8 Å². The van der Waals surface area contributed by atoms with Crippen LogP contribution in [-0.4, -0.2) is 35.6 Å². The zero-order chi connectivity index (χ0) is 27.8. The summed E-state index contributed by atoms with van der Waals surface area (Å²) in [7, 11) is 1.48. The average molecular weight is 536 g/mol. The number of aromatic nitrogens is 2. The summed E-state index contributed by atoms with van der Waals surface area (Å²) in [4.78, 5) is 32.7. The van der Waals surface area contributed by atoms with Crippen molar-refractivity contribution in [3.05, 3.63) is 78.1 Å². The zero-order valence-corrected chi connectivity index (χ0v) is 21.4. The van der Waals surface area contributed by atoms with E-state index in [1.807, 2.05) is 6.92 Å². The number of hydrogen-bond acceptors (Lipinski definition) is 6. The van der Waals surface area contributed by atoms with Gasteiger partial charge in [0.15, 0.2) is 11.6 Å². The number of methoxy groups -OCH3 is 1. The summed E-state index contributed by atoms with van der Waals surface area (Å²) < 4.78 is 39.0. The lowest BCUT2D eigenvalue weighted by Crippen LogP contribution is -2.30. The third-order valence-corrected chi connectivity index (χ3v) is 5.68. The predicted molar refractivity (Wildman–Crippen MR) is 143 cm³/mol. The lowest BCUT2D eigenvalue weighted by atomic mass is 10.1. The minimum absolute atomic E-state index is 0.0757. The molecule has 0 unspecified atom stereocenters. The number of ether oxygens (including phenoxy) is 2. The fraction of sp³-hybridized carbons (Fsp3) is 0.214. The molecule has 0 bridgehead atoms. The van der Waals surface area contributed by atoms with Gasteiger partial charge in [0.05, 0.1) is 23.7 Å². The van der Waals surface area contributed by atoms with Crippen LogP contribution in [0, 0.1) is 11.6 Å². The van der Waals surface area contributed by atoms with Crippen LogP contribution in [-0.2, 0) is 11.2 Å². The van der Waals surface area contributed by atoms with E-state index in [4.69, 9.17) is 9.47 Å². The smallest absolute Gasteiger partial charge is 0.319 e. The van der Waals surface area contributed by atoms with Crippen molar-refractivity contribution in [2.24, 2.45) is 0 Å². The number of carbonyl (C=O) groups excluding carboxylic acids is 2. The Bertz CT molecular complexity index is 1480. The van der Waals surface area contributed by atoms with Gasteiger partial charge < -0.3 is 25.4 Å². The van der Waals surface area contributed by atoms with Gasteiger partial charge >= 0.3 is 6.03 Å². The zero-order valence-electron chi connectivity index (χ0n) is 21.4. The van der Waals surface area contributed by atoms with E-state index in [1.54, 1.807) is 24.3 Å². The highest BCUT2D eigenvalue weighted by atomic mass is 19.1. The number of fused-ring (bicyclic) bond motifs is 1. The van der Waals surface area contributed by atoms with Crippen LogP contribution in [0.5, 0.6) is 17.4 Å². The first kappa shape index (κ1) is 27.2. The molecule has 0 saturated heterocycles. The number of nitrogens with zero attached hydrogens (tertiary/aromatic N) is 2. The average Bonchev–Trinajstić information content (AvgIpc) is 2.91. The van der Waals surface area contributed by atoms with E-state index in [2.05, 4.69) is 25.9 Å². The van der Waals surface area contributed by atoms with Gasteiger partial charge in [0.2, 0.25) is 11.8 Å². The molecule has 3 aromatic carbocycles. The number of nitrogens with one attached hydrogen (secondary N) is 3. The highest BCUT2D eigenvalue weighted by Crippen LogP contribution is 2.35. The van der Waals surface area contributed by atoms with Crippen LogP contribution in [0.2, 0.25) is 0 Å². The van der Waals surface area contributed by atoms with Gasteiger partial charge in [0.1, 0.15) is 17.9 Å². The fourth-order valence-electron chi connectivity index (χ4n) is 3.76. The number of benzene rings is 3. The summed E-state index contributed by atoms with van der Waals surface area (Å²) in [5.41, 5.74) is 1.97. The number of anilines is 2. The summed E-state index contributed by atoms with van der Waals surface area (Å²) >= 11 is 0. The summed E-state index contributed by atoms with van der Waals surface area (Å²) in [5.74, 6) is -0.864. The molecule has 1 heterocycles. The van der Waals surface area contributed by atoms with E-state index in [1.165, 1.54) is 37.7 Å². The maximum absolute atomic E-state index is 14.9. The Hall–Kier alpha value is -4.80. The van der Waals surface area contributed by atoms with Crippen molar-refractivity contribution < 1.29 is 27.8 Å². The minimum Gasteiger partial charge on any atom is -0.494 e. The minimum atomic E-state index is -0.726. The normalized spacial score (nSPS) is 10.7. The first-order valence-electron chi connectivity index (χ1n) is 12.3. The summed E-state index contributed by atoms with van der Waals surface area (Å²) in [6, 6.07) is 12.7. The molecule has 0 fully saturated rings. The molecule has 0 aliphatic carbocycles. The molecule has 0 aliphatic rings. The summed E-state index contributed by atoms with van der Waals surface area (Å²) in [6.07, 6.45) is 2.81. The molecule has 4 rings (SSSR count). The third-order valence-electron chi connectivity index (χ3n) is 5.68. The van der Waals surface area contributed by atoms with Crippen molar-refractivity contribution in [3.63, 3.8) is 0 Å². The maximum Gasteiger partial charge on any atom is 0.319 e. The molecule has 1 aromatic heterocycles. The molecule has 3 N–H and O–H groups in total. The molecule has 0 aliphatic heterocycles. The highest BCUT2D eigenvalue weighted by Gasteiger charge is 2.16. The first-order valence-corrected chi connectivity index (χ1v) is 12.3. The topological polar surface area (TPSA) is 114 Å². The Morgan fingerprint density at radius 2 is 1.74 bits per heavy atom. The third kappa shape index (κ3) is 7.16. The summed E-state index contributed by atoms with van der Waals surface area (Å²) in [5, 5.41) is 8.47. The number of rotatable bonds is 10. The Morgan fingerprint density at radius 3 is 2.46 bits per heavy atom. The maximum atomic E-state index is 14.9. The van der Waals surface area contributed by atoms with Gasteiger partial charge in [-0.05, 0) is 48.7 Å². The van der Waals surface area contributed by atoms with Crippen molar-refractivity contribution in [3.8, 4) is 17.4 Å². The number of carbonyl (C=O) groups is 2. The van der Waals surface area contributed by atoms with Gasteiger partial charge in [0, 0.05) is 30.8 Å². The van der Waals surface area contributed by atoms with E-state index in [0.717, 1.165) is 11.6 Å². The second kappa shape index (κ2) is 12.6. The van der Waals surface area contributed by atoms with Crippen LogP contribution in [0.4, 0.5) is 25.0 Å². The molecule has 39 heavy (non-hydrogen) atoms. The molecule has 0 saturated carbocycles. The molecule has 202 valence electrons. The quantitative estimate of drug-likeness (QED) is 0.236. The van der Waals surface area contributed by atoms with Crippen LogP contribution >= 0.6 is 0 Å². The standard InChI is InChI=1S/C28H27F2N5O4/c1-3-4-26(36)35-23-14-20-22(15-25(23)38-2)32-16-33-27(20)39-24-10-9-19(13-21(24)30)34-28(37)31-12-11-17-5-7-18(29)8-6-17/h5-10,13-16H,3-4,11-12H2,1-2H3,(H,35,36)(H2,31,34,37). The van der Waals surface area contributed by atoms with Gasteiger partial charge in [0.25, 0.3) is 0 Å². The first-order chi connectivity index (χ1) is 18.9. The van der Waals surface area contributed by atoms with Crippen LogP contribution in [0.25, 0.3) is 10.9 Å². The lowest BCUT2D eigenvalue weighted by Gasteiger charge is -2.14. The SMILES string of the molecule is CCCC(=O)Nc1cc2c(Oc3ccc(NC(=O)NCCc4ccc(F)cc4)cc3F)ncnc2cc1OC. The molecule has 0 radical (unpaired) electrons. The van der Waals surface area contributed by atoms with E-state index >= 15 is 0 Å². The van der Waals surface area contributed by atoms with Crippen LogP contribution < -0.4 is 25.4 Å². The van der Waals surface area contributed by atoms with Gasteiger partial charge in [-0.3, -0.25) is 4.79 Å². The van der Waals surface area contributed by atoms with Crippen LogP contribution in [0.3, 0.4) is 0 Å². The Kier molecular flexibility index (Phi) is 8.82. The van der Waals surface area contributed by atoms with Crippen molar-refractivity contribution in [1.82, 2.24) is 15.3 Å². The second-order valence-electron chi connectivity index (χ2n) is 8.55. The van der Waals surface area contributed by atoms with Crippen molar-refractivity contribution >= 4 is 34.2 Å². The van der Waals surface area contributed by atoms with E-state index in [-0.39, 0.29) is 29.0 Å². The van der Waals surface area contributed by atoms with Crippen molar-refractivity contribution in [2.45, 2.75) is 26.2 Å². The Labute approximate surface area is 223 Å². The van der Waals surface area contributed by atoms with Gasteiger partial charge in [-0.15, -0.1) is 0 Å². The monoisotopic (exact) mass is 535 g/mol. The molecule has 0 atom stereocenters. The molecular formula is C28H27F2N5O4. The van der Waals surface area contributed by atoms with Gasteiger partial charge in [-0.2, -0.15) is 0 Å². The van der Waals surface area contributed by atoms with E-state index in [9.17, 15) is 18.4 Å². The predicted octanol–water partition coefficient (Wildman–Crippen LogP) is 5.81. The van der Waals surface area contributed by atoms with Crippen molar-refractivity contribution in [2.75, 3.05) is 24.3 Å². The lowest BCUT2D eigenvalue weighted by molar-refractivity contribution is -0.116. The molecule has 11 heteroatoms. The van der Waals surface area contributed by atoms with Crippen LogP contribution in [0.1, 0.15) is 25.3 Å². The Balaban J connectivity index is 1.44. The summed E-state index contributed by atoms with van der Waals surface area (Å²) in [6.45, 7) is 2.21. The number of halogens is 2. The molecular weight excluding hydrogens is 508 g/mol. The second-order valence-corrected chi connectivity index (χ2v) is 8.55. The fourth-order valence-corrected chi connectivity index (χ4v) is 3.76. The molecule has 9 nitrogen and oxygen atoms in total.